The number of benzene rings is 1. The van der Waals surface area contributed by atoms with E-state index in [0.717, 1.165) is 25.8 Å². The van der Waals surface area contributed by atoms with Crippen LogP contribution in [0.5, 0.6) is 0 Å². The van der Waals surface area contributed by atoms with Crippen molar-refractivity contribution in [3.63, 3.8) is 0 Å². The quantitative estimate of drug-likeness (QED) is 0.797. The van der Waals surface area contributed by atoms with Crippen LogP contribution in [0.15, 0.2) is 24.5 Å². The number of methoxy groups -OCH3 is 1. The molecule has 2 aliphatic rings. The Bertz CT molecular complexity index is 767. The molecule has 2 fully saturated rings. The molecule has 2 heterocycles. The molecule has 0 amide bonds. The molecule has 3 unspecified atom stereocenters. The number of para-hydroxylation sites is 1. The van der Waals surface area contributed by atoms with E-state index in [4.69, 9.17) is 4.74 Å². The number of carbonyl (C=O) groups excluding carboxylic acids is 1. The molecule has 6 heteroatoms. The highest BCUT2D eigenvalue weighted by Crippen LogP contribution is 2.44. The third kappa shape index (κ3) is 2.16. The average Bonchev–Trinajstić information content (AvgIpc) is 3.14. The fraction of sp³-hybridized carbons (Fsp3) is 0.471. The van der Waals surface area contributed by atoms with Crippen molar-refractivity contribution in [1.82, 2.24) is 9.97 Å². The minimum atomic E-state index is -0.375. The van der Waals surface area contributed by atoms with E-state index in [0.29, 0.717) is 23.0 Å². The summed E-state index contributed by atoms with van der Waals surface area (Å²) in [5.74, 6) is 0.778. The van der Waals surface area contributed by atoms with Gasteiger partial charge >= 0.3 is 5.97 Å². The monoisotopic (exact) mass is 315 g/mol. The van der Waals surface area contributed by atoms with Crippen molar-refractivity contribution in [2.24, 2.45) is 11.8 Å². The van der Waals surface area contributed by atoms with Gasteiger partial charge in [0, 0.05) is 11.9 Å². The zero-order valence-corrected chi connectivity index (χ0v) is 12.9. The van der Waals surface area contributed by atoms with Crippen LogP contribution in [-0.4, -0.2) is 35.6 Å². The molecule has 1 saturated carbocycles. The molecule has 120 valence electrons. The fourth-order valence-electron chi connectivity index (χ4n) is 4.21. The molecule has 0 N–H and O–H groups in total. The number of esters is 1. The van der Waals surface area contributed by atoms with Crippen molar-refractivity contribution in [2.75, 3.05) is 18.6 Å². The number of hydrogen-bond donors (Lipinski definition) is 0. The van der Waals surface area contributed by atoms with E-state index in [-0.39, 0.29) is 23.3 Å². The first-order chi connectivity index (χ1) is 11.2. The van der Waals surface area contributed by atoms with Gasteiger partial charge in [0.25, 0.3) is 0 Å². The Morgan fingerprint density at radius 2 is 2.22 bits per heavy atom. The van der Waals surface area contributed by atoms with Crippen LogP contribution in [0.2, 0.25) is 0 Å². The van der Waals surface area contributed by atoms with E-state index >= 15 is 0 Å². The van der Waals surface area contributed by atoms with E-state index in [1.54, 1.807) is 12.1 Å². The summed E-state index contributed by atoms with van der Waals surface area (Å²) in [7, 11) is 1.42. The largest absolute Gasteiger partial charge is 0.467 e. The molecular formula is C17H18FN3O2. The van der Waals surface area contributed by atoms with Gasteiger partial charge in [0.15, 0.2) is 0 Å². The van der Waals surface area contributed by atoms with Crippen LogP contribution in [0, 0.1) is 17.7 Å². The van der Waals surface area contributed by atoms with Crippen LogP contribution in [0.3, 0.4) is 0 Å². The Balaban J connectivity index is 1.83. The van der Waals surface area contributed by atoms with Crippen molar-refractivity contribution in [2.45, 2.75) is 25.3 Å². The van der Waals surface area contributed by atoms with Crippen LogP contribution in [0.1, 0.15) is 19.3 Å². The Morgan fingerprint density at radius 1 is 1.35 bits per heavy atom. The number of rotatable bonds is 2. The zero-order chi connectivity index (χ0) is 16.0. The number of hydrogen-bond acceptors (Lipinski definition) is 5. The highest BCUT2D eigenvalue weighted by atomic mass is 19.1. The first kappa shape index (κ1) is 14.4. The lowest BCUT2D eigenvalue weighted by Crippen LogP contribution is -2.41. The third-order valence-corrected chi connectivity index (χ3v) is 5.20. The lowest BCUT2D eigenvalue weighted by molar-refractivity contribution is -0.143. The van der Waals surface area contributed by atoms with Crippen molar-refractivity contribution < 1.29 is 13.9 Å². The van der Waals surface area contributed by atoms with Crippen LogP contribution >= 0.6 is 0 Å². The maximum absolute atomic E-state index is 14.0. The number of aromatic nitrogens is 2. The van der Waals surface area contributed by atoms with Crippen LogP contribution < -0.4 is 4.90 Å². The van der Waals surface area contributed by atoms with E-state index in [1.807, 2.05) is 4.90 Å². The van der Waals surface area contributed by atoms with Crippen LogP contribution in [0.25, 0.3) is 10.9 Å². The van der Waals surface area contributed by atoms with Gasteiger partial charge < -0.3 is 9.64 Å². The van der Waals surface area contributed by atoms with Crippen LogP contribution in [0.4, 0.5) is 10.2 Å². The third-order valence-electron chi connectivity index (χ3n) is 5.20. The summed E-state index contributed by atoms with van der Waals surface area (Å²) in [6, 6.07) is 4.49. The number of nitrogens with zero attached hydrogens (tertiary/aromatic N) is 3. The average molecular weight is 315 g/mol. The fourth-order valence-corrected chi connectivity index (χ4v) is 4.21. The van der Waals surface area contributed by atoms with E-state index < -0.39 is 0 Å². The second kappa shape index (κ2) is 5.44. The highest BCUT2D eigenvalue weighted by Gasteiger charge is 2.49. The minimum absolute atomic E-state index is 0.234. The van der Waals surface area contributed by atoms with Gasteiger partial charge in [0.2, 0.25) is 0 Å². The van der Waals surface area contributed by atoms with Gasteiger partial charge in [-0.05, 0) is 36.8 Å². The van der Waals surface area contributed by atoms with Crippen molar-refractivity contribution in [3.05, 3.63) is 30.3 Å². The Hall–Kier alpha value is -2.24. The van der Waals surface area contributed by atoms with Crippen molar-refractivity contribution in [1.29, 1.82) is 0 Å². The topological polar surface area (TPSA) is 55.3 Å². The summed E-state index contributed by atoms with van der Waals surface area (Å²) in [5.41, 5.74) is 0.290. The molecule has 23 heavy (non-hydrogen) atoms. The van der Waals surface area contributed by atoms with E-state index in [9.17, 15) is 9.18 Å². The summed E-state index contributed by atoms with van der Waals surface area (Å²) < 4.78 is 19.0. The first-order valence-electron chi connectivity index (χ1n) is 7.94. The van der Waals surface area contributed by atoms with Gasteiger partial charge in [-0.1, -0.05) is 12.5 Å². The molecule has 1 aromatic heterocycles. The number of carbonyl (C=O) groups is 1. The summed E-state index contributed by atoms with van der Waals surface area (Å²) in [6.45, 7) is 0.757. The Morgan fingerprint density at radius 3 is 3.04 bits per heavy atom. The van der Waals surface area contributed by atoms with Gasteiger partial charge in [-0.15, -0.1) is 0 Å². The molecule has 4 rings (SSSR count). The first-order valence-corrected chi connectivity index (χ1v) is 7.94. The summed E-state index contributed by atoms with van der Waals surface area (Å²) in [6.07, 6.45) is 4.66. The van der Waals surface area contributed by atoms with Gasteiger partial charge in [0.05, 0.1) is 7.11 Å². The lowest BCUT2D eigenvalue weighted by Gasteiger charge is -2.27. The van der Waals surface area contributed by atoms with Gasteiger partial charge in [-0.2, -0.15) is 0 Å². The Labute approximate surface area is 133 Å². The highest BCUT2D eigenvalue weighted by molar-refractivity contribution is 5.92. The Kier molecular flexibility index (Phi) is 3.39. The zero-order valence-electron chi connectivity index (χ0n) is 12.9. The van der Waals surface area contributed by atoms with Crippen molar-refractivity contribution >= 4 is 22.7 Å². The molecule has 1 aromatic carbocycles. The number of ether oxygens (including phenoxy) is 1. The second-order valence-corrected chi connectivity index (χ2v) is 6.31. The standard InChI is InChI=1S/C17H18FN3O2/c1-23-17(22)15-11-5-2-4-10(11)8-21(15)16-12-6-3-7-13(18)14(12)19-9-20-16/h3,6-7,9-11,15H,2,4-5,8H2,1H3. The molecule has 0 spiro atoms. The predicted molar refractivity (Wildman–Crippen MR) is 83.5 cm³/mol. The molecule has 1 saturated heterocycles. The normalized spacial score (nSPS) is 26.5. The molecule has 1 aliphatic heterocycles. The van der Waals surface area contributed by atoms with Gasteiger partial charge in [-0.3, -0.25) is 0 Å². The molecular weight excluding hydrogens is 297 g/mol. The SMILES string of the molecule is COC(=O)C1C2CCCC2CN1c1ncnc2c(F)cccc12. The summed E-state index contributed by atoms with van der Waals surface area (Å²) in [4.78, 5) is 22.8. The summed E-state index contributed by atoms with van der Waals surface area (Å²) >= 11 is 0. The molecule has 5 nitrogen and oxygen atoms in total. The molecule has 3 atom stereocenters. The minimum Gasteiger partial charge on any atom is -0.467 e. The molecule has 0 radical (unpaired) electrons. The van der Waals surface area contributed by atoms with Gasteiger partial charge in [-0.25, -0.2) is 19.2 Å². The maximum Gasteiger partial charge on any atom is 0.328 e. The molecule has 1 aliphatic carbocycles. The lowest BCUT2D eigenvalue weighted by atomic mass is 9.94. The number of anilines is 1. The molecule has 0 bridgehead atoms. The van der Waals surface area contributed by atoms with Gasteiger partial charge in [0.1, 0.15) is 29.5 Å². The molecule has 2 aromatic rings. The van der Waals surface area contributed by atoms with E-state index in [2.05, 4.69) is 9.97 Å². The number of fused-ring (bicyclic) bond motifs is 2. The van der Waals surface area contributed by atoms with Crippen molar-refractivity contribution in [3.8, 4) is 0 Å². The number of halogens is 1. The smallest absolute Gasteiger partial charge is 0.328 e. The maximum atomic E-state index is 14.0. The van der Waals surface area contributed by atoms with Crippen LogP contribution in [-0.2, 0) is 9.53 Å². The second-order valence-electron chi connectivity index (χ2n) is 6.31. The summed E-state index contributed by atoms with van der Waals surface area (Å²) in [5, 5.41) is 0.640. The van der Waals surface area contributed by atoms with E-state index in [1.165, 1.54) is 19.5 Å². The predicted octanol–water partition coefficient (Wildman–Crippen LogP) is 2.55.